The molecule has 0 saturated heterocycles. The van der Waals surface area contributed by atoms with Crippen LogP contribution in [-0.4, -0.2) is 26.4 Å². The van der Waals surface area contributed by atoms with Crippen LogP contribution in [0.3, 0.4) is 0 Å². The molecule has 0 amide bonds. The summed E-state index contributed by atoms with van der Waals surface area (Å²) >= 11 is 0. The largest absolute Gasteiger partial charge is 0.486 e. The van der Waals surface area contributed by atoms with E-state index >= 15 is 0 Å². The van der Waals surface area contributed by atoms with E-state index in [0.717, 1.165) is 17.1 Å². The summed E-state index contributed by atoms with van der Waals surface area (Å²) in [6, 6.07) is 5.70. The fraction of sp³-hybridized carbons (Fsp3) is 0.500. The van der Waals surface area contributed by atoms with Gasteiger partial charge < -0.3 is 14.2 Å². The third-order valence-corrected chi connectivity index (χ3v) is 2.66. The molecular formula is C12H18N2O3. The van der Waals surface area contributed by atoms with Crippen molar-refractivity contribution in [2.24, 2.45) is 5.84 Å². The highest BCUT2D eigenvalue weighted by Crippen LogP contribution is 2.36. The lowest BCUT2D eigenvalue weighted by molar-refractivity contribution is 0.119. The second-order valence-corrected chi connectivity index (χ2v) is 3.75. The number of hydrogen-bond acceptors (Lipinski definition) is 5. The lowest BCUT2D eigenvalue weighted by Crippen LogP contribution is -2.32. The minimum Gasteiger partial charge on any atom is -0.486 e. The quantitative estimate of drug-likeness (QED) is 0.591. The molecule has 1 aliphatic rings. The van der Waals surface area contributed by atoms with Gasteiger partial charge in [0, 0.05) is 12.2 Å². The first-order valence-electron chi connectivity index (χ1n) is 5.79. The fourth-order valence-corrected chi connectivity index (χ4v) is 1.83. The van der Waals surface area contributed by atoms with Gasteiger partial charge in [0.1, 0.15) is 13.2 Å². The van der Waals surface area contributed by atoms with Crippen LogP contribution in [0.25, 0.3) is 0 Å². The van der Waals surface area contributed by atoms with Gasteiger partial charge in [-0.25, -0.2) is 0 Å². The molecule has 0 spiro atoms. The first kappa shape index (κ1) is 12.2. The lowest BCUT2D eigenvalue weighted by atomic mass is 10.1. The minimum absolute atomic E-state index is 0.0911. The summed E-state index contributed by atoms with van der Waals surface area (Å²) in [5.74, 6) is 7.09. The number of rotatable bonds is 5. The van der Waals surface area contributed by atoms with Gasteiger partial charge >= 0.3 is 0 Å². The standard InChI is InChI=1S/C12H18N2O3/c1-2-15-8-10(14-13)9-4-3-5-11-12(9)17-7-6-16-11/h3-5,10,14H,2,6-8,13H2,1H3. The molecule has 0 bridgehead atoms. The predicted octanol–water partition coefficient (Wildman–Crippen LogP) is 0.999. The van der Waals surface area contributed by atoms with Crippen molar-refractivity contribution in [3.63, 3.8) is 0 Å². The Morgan fingerprint density at radius 1 is 1.41 bits per heavy atom. The van der Waals surface area contributed by atoms with Crippen molar-refractivity contribution in [3.8, 4) is 11.5 Å². The van der Waals surface area contributed by atoms with Crippen LogP contribution in [-0.2, 0) is 4.74 Å². The van der Waals surface area contributed by atoms with E-state index < -0.39 is 0 Å². The number of fused-ring (bicyclic) bond motifs is 1. The van der Waals surface area contributed by atoms with Crippen LogP contribution < -0.4 is 20.7 Å². The molecule has 1 aromatic carbocycles. The molecule has 0 radical (unpaired) electrons. The molecule has 0 saturated carbocycles. The predicted molar refractivity (Wildman–Crippen MR) is 64.0 cm³/mol. The molecule has 1 unspecified atom stereocenters. The number of hydrogen-bond donors (Lipinski definition) is 2. The smallest absolute Gasteiger partial charge is 0.166 e. The van der Waals surface area contributed by atoms with Gasteiger partial charge in [0.05, 0.1) is 12.6 Å². The zero-order chi connectivity index (χ0) is 12.1. The van der Waals surface area contributed by atoms with E-state index in [2.05, 4.69) is 5.43 Å². The Labute approximate surface area is 101 Å². The number of hydrazine groups is 1. The van der Waals surface area contributed by atoms with Gasteiger partial charge in [0.25, 0.3) is 0 Å². The normalized spacial score (nSPS) is 15.6. The number of benzene rings is 1. The van der Waals surface area contributed by atoms with E-state index in [1.54, 1.807) is 0 Å². The summed E-state index contributed by atoms with van der Waals surface area (Å²) in [4.78, 5) is 0. The van der Waals surface area contributed by atoms with E-state index in [1.807, 2.05) is 25.1 Å². The lowest BCUT2D eigenvalue weighted by Gasteiger charge is -2.24. The molecule has 0 fully saturated rings. The third-order valence-electron chi connectivity index (χ3n) is 2.66. The number of nitrogens with two attached hydrogens (primary N) is 1. The number of nitrogens with one attached hydrogen (secondary N) is 1. The van der Waals surface area contributed by atoms with Gasteiger partial charge in [-0.05, 0) is 13.0 Å². The number of ether oxygens (including phenoxy) is 3. The van der Waals surface area contributed by atoms with Crippen LogP contribution in [0.2, 0.25) is 0 Å². The van der Waals surface area contributed by atoms with Crippen LogP contribution in [0.1, 0.15) is 18.5 Å². The molecule has 0 aliphatic carbocycles. The van der Waals surface area contributed by atoms with E-state index in [4.69, 9.17) is 20.1 Å². The topological polar surface area (TPSA) is 65.7 Å². The Bertz CT molecular complexity index is 371. The SMILES string of the molecule is CCOCC(NN)c1cccc2c1OCCO2. The Morgan fingerprint density at radius 2 is 2.24 bits per heavy atom. The van der Waals surface area contributed by atoms with Gasteiger partial charge in [-0.1, -0.05) is 12.1 Å². The zero-order valence-corrected chi connectivity index (χ0v) is 9.94. The van der Waals surface area contributed by atoms with Crippen LogP contribution in [0, 0.1) is 0 Å². The van der Waals surface area contributed by atoms with Crippen LogP contribution >= 0.6 is 0 Å². The van der Waals surface area contributed by atoms with Crippen LogP contribution in [0.4, 0.5) is 0 Å². The summed E-state index contributed by atoms with van der Waals surface area (Å²) in [5, 5.41) is 0. The molecule has 1 heterocycles. The molecule has 3 N–H and O–H groups in total. The Balaban J connectivity index is 2.23. The molecule has 2 rings (SSSR count). The van der Waals surface area contributed by atoms with Crippen molar-refractivity contribution in [1.29, 1.82) is 0 Å². The highest BCUT2D eigenvalue weighted by atomic mass is 16.6. The summed E-state index contributed by atoms with van der Waals surface area (Å²) in [7, 11) is 0. The molecule has 5 nitrogen and oxygen atoms in total. The van der Waals surface area contributed by atoms with Crippen molar-refractivity contribution in [2.45, 2.75) is 13.0 Å². The summed E-state index contributed by atoms with van der Waals surface area (Å²) in [6.45, 7) is 4.27. The second-order valence-electron chi connectivity index (χ2n) is 3.75. The summed E-state index contributed by atoms with van der Waals surface area (Å²) in [5.41, 5.74) is 3.71. The maximum absolute atomic E-state index is 5.64. The Morgan fingerprint density at radius 3 is 3.00 bits per heavy atom. The van der Waals surface area contributed by atoms with Gasteiger partial charge in [-0.2, -0.15) is 0 Å². The first-order chi connectivity index (χ1) is 8.36. The molecular weight excluding hydrogens is 220 g/mol. The highest BCUT2D eigenvalue weighted by molar-refractivity contribution is 5.48. The van der Waals surface area contributed by atoms with Crippen LogP contribution in [0.15, 0.2) is 18.2 Å². The average molecular weight is 238 g/mol. The number of para-hydroxylation sites is 1. The first-order valence-corrected chi connectivity index (χ1v) is 5.79. The molecule has 1 atom stereocenters. The van der Waals surface area contributed by atoms with Crippen molar-refractivity contribution < 1.29 is 14.2 Å². The van der Waals surface area contributed by atoms with E-state index in [0.29, 0.717) is 26.4 Å². The van der Waals surface area contributed by atoms with E-state index in [-0.39, 0.29) is 6.04 Å². The minimum atomic E-state index is -0.0911. The van der Waals surface area contributed by atoms with Crippen molar-refractivity contribution in [1.82, 2.24) is 5.43 Å². The van der Waals surface area contributed by atoms with E-state index in [9.17, 15) is 0 Å². The molecule has 94 valence electrons. The molecule has 1 aliphatic heterocycles. The molecule has 5 heteroatoms. The molecule has 0 aromatic heterocycles. The second kappa shape index (κ2) is 5.86. The molecule has 1 aromatic rings. The fourth-order valence-electron chi connectivity index (χ4n) is 1.83. The van der Waals surface area contributed by atoms with Gasteiger partial charge in [0.2, 0.25) is 0 Å². The Hall–Kier alpha value is -1.30. The summed E-state index contributed by atoms with van der Waals surface area (Å²) < 4.78 is 16.6. The van der Waals surface area contributed by atoms with Crippen molar-refractivity contribution >= 4 is 0 Å². The maximum Gasteiger partial charge on any atom is 0.166 e. The molecule has 17 heavy (non-hydrogen) atoms. The van der Waals surface area contributed by atoms with Gasteiger partial charge in [0.15, 0.2) is 11.5 Å². The third kappa shape index (κ3) is 2.69. The van der Waals surface area contributed by atoms with Crippen molar-refractivity contribution in [3.05, 3.63) is 23.8 Å². The zero-order valence-electron chi connectivity index (χ0n) is 9.94. The average Bonchev–Trinajstić information content (AvgIpc) is 2.40. The van der Waals surface area contributed by atoms with Crippen molar-refractivity contribution in [2.75, 3.05) is 26.4 Å². The van der Waals surface area contributed by atoms with Gasteiger partial charge in [-0.3, -0.25) is 11.3 Å². The maximum atomic E-state index is 5.64. The highest BCUT2D eigenvalue weighted by Gasteiger charge is 2.21. The van der Waals surface area contributed by atoms with E-state index in [1.165, 1.54) is 0 Å². The Kier molecular flexibility index (Phi) is 4.19. The van der Waals surface area contributed by atoms with Crippen LogP contribution in [0.5, 0.6) is 11.5 Å². The monoisotopic (exact) mass is 238 g/mol. The van der Waals surface area contributed by atoms with Gasteiger partial charge in [-0.15, -0.1) is 0 Å². The summed E-state index contributed by atoms with van der Waals surface area (Å²) in [6.07, 6.45) is 0.